The fraction of sp³-hybridized carbons (Fsp3) is 0.500. The Morgan fingerprint density at radius 2 is 2.35 bits per heavy atom. The Hall–Kier alpha value is -1.50. The van der Waals surface area contributed by atoms with E-state index in [0.717, 1.165) is 0 Å². The third kappa shape index (κ3) is 4.10. The Bertz CT molecular complexity index is 405. The van der Waals surface area contributed by atoms with Crippen molar-refractivity contribution in [2.75, 3.05) is 12.0 Å². The van der Waals surface area contributed by atoms with E-state index in [-0.39, 0.29) is 5.76 Å². The highest BCUT2D eigenvalue weighted by Gasteiger charge is 2.21. The number of carboxylic acid groups (broad SMARTS) is 1. The molecule has 6 nitrogen and oxygen atoms in total. The van der Waals surface area contributed by atoms with Gasteiger partial charge in [0, 0.05) is 6.92 Å². The zero-order chi connectivity index (χ0) is 12.8. The normalized spacial score (nSPS) is 12.1. The van der Waals surface area contributed by atoms with E-state index in [1.165, 1.54) is 18.0 Å². The highest BCUT2D eigenvalue weighted by Crippen LogP contribution is 2.05. The van der Waals surface area contributed by atoms with Crippen molar-refractivity contribution in [2.45, 2.75) is 19.4 Å². The summed E-state index contributed by atoms with van der Waals surface area (Å²) in [5.41, 5.74) is 0. The van der Waals surface area contributed by atoms with Crippen LogP contribution in [0.5, 0.6) is 0 Å². The van der Waals surface area contributed by atoms with Crippen LogP contribution in [0.15, 0.2) is 10.6 Å². The van der Waals surface area contributed by atoms with Gasteiger partial charge in [0.25, 0.3) is 5.91 Å². The maximum atomic E-state index is 11.6. The van der Waals surface area contributed by atoms with Gasteiger partial charge in [-0.15, -0.1) is 0 Å². The van der Waals surface area contributed by atoms with Gasteiger partial charge in [0.15, 0.2) is 5.89 Å². The molecule has 0 unspecified atom stereocenters. The third-order valence-electron chi connectivity index (χ3n) is 2.06. The average molecular weight is 258 g/mol. The molecule has 1 aromatic heterocycles. The number of carbonyl (C=O) groups excluding carboxylic acids is 1. The fourth-order valence-electron chi connectivity index (χ4n) is 1.19. The molecule has 17 heavy (non-hydrogen) atoms. The van der Waals surface area contributed by atoms with E-state index in [0.29, 0.717) is 18.1 Å². The van der Waals surface area contributed by atoms with Gasteiger partial charge in [-0.3, -0.25) is 4.79 Å². The van der Waals surface area contributed by atoms with E-state index in [9.17, 15) is 9.59 Å². The molecule has 0 aromatic carbocycles. The van der Waals surface area contributed by atoms with Gasteiger partial charge in [-0.25, -0.2) is 9.78 Å². The quantitative estimate of drug-likeness (QED) is 0.788. The second-order valence-corrected chi connectivity index (χ2v) is 4.37. The smallest absolute Gasteiger partial charge is 0.326 e. The summed E-state index contributed by atoms with van der Waals surface area (Å²) in [6.07, 6.45) is 3.52. The van der Waals surface area contributed by atoms with E-state index in [1.54, 1.807) is 6.92 Å². The molecular weight excluding hydrogens is 244 g/mol. The Labute approximate surface area is 103 Å². The zero-order valence-electron chi connectivity index (χ0n) is 9.60. The first-order valence-electron chi connectivity index (χ1n) is 4.99. The number of thioether (sulfide) groups is 1. The molecule has 1 amide bonds. The van der Waals surface area contributed by atoms with Gasteiger partial charge in [0.2, 0.25) is 5.76 Å². The second kappa shape index (κ2) is 6.29. The topological polar surface area (TPSA) is 92.4 Å². The molecule has 0 bridgehead atoms. The SMILES string of the molecule is CSCC[C@H](NC(=O)c1cnc(C)o1)C(=O)O. The summed E-state index contributed by atoms with van der Waals surface area (Å²) in [4.78, 5) is 26.3. The molecule has 1 rings (SSSR count). The Kier molecular flexibility index (Phi) is 5.02. The van der Waals surface area contributed by atoms with Gasteiger partial charge >= 0.3 is 5.97 Å². The maximum Gasteiger partial charge on any atom is 0.326 e. The van der Waals surface area contributed by atoms with E-state index < -0.39 is 17.9 Å². The third-order valence-corrected chi connectivity index (χ3v) is 2.70. The number of carboxylic acids is 1. The minimum atomic E-state index is -1.05. The number of hydrogen-bond acceptors (Lipinski definition) is 5. The summed E-state index contributed by atoms with van der Waals surface area (Å²) in [6, 6.07) is -0.902. The number of aromatic nitrogens is 1. The number of hydrogen-bond donors (Lipinski definition) is 2. The van der Waals surface area contributed by atoms with Crippen molar-refractivity contribution in [1.29, 1.82) is 0 Å². The molecule has 0 aliphatic carbocycles. The van der Waals surface area contributed by atoms with Crippen molar-refractivity contribution < 1.29 is 19.1 Å². The number of aliphatic carboxylic acids is 1. The molecule has 94 valence electrons. The van der Waals surface area contributed by atoms with Gasteiger partial charge in [-0.1, -0.05) is 0 Å². The van der Waals surface area contributed by atoms with Crippen molar-refractivity contribution in [3.8, 4) is 0 Å². The molecule has 2 N–H and O–H groups in total. The van der Waals surface area contributed by atoms with Gasteiger partial charge < -0.3 is 14.8 Å². The van der Waals surface area contributed by atoms with E-state index in [4.69, 9.17) is 9.52 Å². The number of oxazole rings is 1. The number of carbonyl (C=O) groups is 2. The van der Waals surface area contributed by atoms with Crippen LogP contribution in [0.4, 0.5) is 0 Å². The second-order valence-electron chi connectivity index (χ2n) is 3.39. The maximum absolute atomic E-state index is 11.6. The number of aryl methyl sites for hydroxylation is 1. The molecule has 1 aromatic rings. The van der Waals surface area contributed by atoms with Crippen LogP contribution >= 0.6 is 11.8 Å². The summed E-state index contributed by atoms with van der Waals surface area (Å²) in [6.45, 7) is 1.61. The zero-order valence-corrected chi connectivity index (χ0v) is 10.4. The fourth-order valence-corrected chi connectivity index (χ4v) is 1.66. The van der Waals surface area contributed by atoms with Crippen molar-refractivity contribution in [1.82, 2.24) is 10.3 Å². The first kappa shape index (κ1) is 13.6. The van der Waals surface area contributed by atoms with Crippen LogP contribution in [-0.2, 0) is 4.79 Å². The lowest BCUT2D eigenvalue weighted by Gasteiger charge is -2.12. The monoisotopic (exact) mass is 258 g/mol. The van der Waals surface area contributed by atoms with Gasteiger partial charge in [0.1, 0.15) is 6.04 Å². The van der Waals surface area contributed by atoms with Crippen LogP contribution in [0.25, 0.3) is 0 Å². The summed E-state index contributed by atoms with van der Waals surface area (Å²) < 4.78 is 5.01. The predicted molar refractivity (Wildman–Crippen MR) is 63.1 cm³/mol. The Balaban J connectivity index is 2.60. The average Bonchev–Trinajstić information content (AvgIpc) is 2.70. The Morgan fingerprint density at radius 3 is 2.82 bits per heavy atom. The van der Waals surface area contributed by atoms with Crippen LogP contribution in [0, 0.1) is 6.92 Å². The van der Waals surface area contributed by atoms with Crippen molar-refractivity contribution >= 4 is 23.6 Å². The Morgan fingerprint density at radius 1 is 1.65 bits per heavy atom. The van der Waals surface area contributed by atoms with Crippen LogP contribution in [0.2, 0.25) is 0 Å². The van der Waals surface area contributed by atoms with E-state index >= 15 is 0 Å². The molecule has 0 aliphatic heterocycles. The molecule has 1 heterocycles. The van der Waals surface area contributed by atoms with E-state index in [1.807, 2.05) is 6.26 Å². The van der Waals surface area contributed by atoms with Crippen molar-refractivity contribution in [2.24, 2.45) is 0 Å². The molecule has 0 aliphatic rings. The molecule has 7 heteroatoms. The lowest BCUT2D eigenvalue weighted by molar-refractivity contribution is -0.139. The molecular formula is C10H14N2O4S. The minimum Gasteiger partial charge on any atom is -0.480 e. The molecule has 0 saturated carbocycles. The van der Waals surface area contributed by atoms with Gasteiger partial charge in [-0.2, -0.15) is 11.8 Å². The number of amides is 1. The molecule has 1 atom stereocenters. The van der Waals surface area contributed by atoms with Crippen LogP contribution < -0.4 is 5.32 Å². The standard InChI is InChI=1S/C10H14N2O4S/c1-6-11-5-8(16-6)9(13)12-7(10(14)15)3-4-17-2/h5,7H,3-4H2,1-2H3,(H,12,13)(H,14,15)/t7-/m0/s1. The van der Waals surface area contributed by atoms with E-state index in [2.05, 4.69) is 10.3 Å². The number of nitrogens with one attached hydrogen (secondary N) is 1. The van der Waals surface area contributed by atoms with Crippen LogP contribution in [0.1, 0.15) is 22.9 Å². The minimum absolute atomic E-state index is 0.0258. The summed E-state index contributed by atoms with van der Waals surface area (Å²) in [5, 5.41) is 11.3. The predicted octanol–water partition coefficient (Wildman–Crippen LogP) is 0.919. The molecule has 0 fully saturated rings. The van der Waals surface area contributed by atoms with Gasteiger partial charge in [0.05, 0.1) is 6.20 Å². The molecule has 0 radical (unpaired) electrons. The first-order valence-corrected chi connectivity index (χ1v) is 6.39. The van der Waals surface area contributed by atoms with Crippen molar-refractivity contribution in [3.63, 3.8) is 0 Å². The van der Waals surface area contributed by atoms with Crippen LogP contribution in [-0.4, -0.2) is 40.0 Å². The van der Waals surface area contributed by atoms with Gasteiger partial charge in [-0.05, 0) is 18.4 Å². The summed E-state index contributed by atoms with van der Waals surface area (Å²) >= 11 is 1.52. The number of nitrogens with zero attached hydrogens (tertiary/aromatic N) is 1. The highest BCUT2D eigenvalue weighted by molar-refractivity contribution is 7.98. The lowest BCUT2D eigenvalue weighted by atomic mass is 10.2. The lowest BCUT2D eigenvalue weighted by Crippen LogP contribution is -2.41. The largest absolute Gasteiger partial charge is 0.480 e. The molecule has 0 spiro atoms. The summed E-state index contributed by atoms with van der Waals surface area (Å²) in [7, 11) is 0. The summed E-state index contributed by atoms with van der Waals surface area (Å²) in [5.74, 6) is -0.557. The number of rotatable bonds is 6. The first-order chi connectivity index (χ1) is 8.04. The molecule has 0 saturated heterocycles. The highest BCUT2D eigenvalue weighted by atomic mass is 32.2. The van der Waals surface area contributed by atoms with Crippen molar-refractivity contribution in [3.05, 3.63) is 17.8 Å². The van der Waals surface area contributed by atoms with Crippen LogP contribution in [0.3, 0.4) is 0 Å².